The van der Waals surface area contributed by atoms with Gasteiger partial charge in [0.05, 0.1) is 16.1 Å². The number of aromatic nitrogens is 2. The van der Waals surface area contributed by atoms with E-state index in [1.165, 1.54) is 0 Å². The van der Waals surface area contributed by atoms with E-state index in [2.05, 4.69) is 32.4 Å². The molecule has 4 aromatic rings. The molecule has 0 radical (unpaired) electrons. The van der Waals surface area contributed by atoms with E-state index in [1.54, 1.807) is 43.6 Å². The Balaban J connectivity index is 1.43. The molecule has 36 heavy (non-hydrogen) atoms. The van der Waals surface area contributed by atoms with Crippen molar-refractivity contribution in [3.63, 3.8) is 0 Å². The molecule has 0 spiro atoms. The molecule has 0 fully saturated rings. The van der Waals surface area contributed by atoms with Gasteiger partial charge in [0.25, 0.3) is 0 Å². The van der Waals surface area contributed by atoms with E-state index >= 15 is 0 Å². The fourth-order valence-electron chi connectivity index (χ4n) is 4.10. The first-order valence-corrected chi connectivity index (χ1v) is 13.2. The zero-order valence-corrected chi connectivity index (χ0v) is 20.9. The van der Waals surface area contributed by atoms with Crippen molar-refractivity contribution in [1.82, 2.24) is 9.97 Å². The van der Waals surface area contributed by atoms with Gasteiger partial charge in [-0.2, -0.15) is 0 Å². The highest BCUT2D eigenvalue weighted by molar-refractivity contribution is 7.91. The first kappa shape index (κ1) is 23.5. The molecule has 0 unspecified atom stereocenters. The SMILES string of the molecule is CCS(=O)(=O)c1ccc(Nc2cc3c(C#Cc4ccc5c(c4)NC(=O)C5(C)C)nccc3cn2)cc1. The van der Waals surface area contributed by atoms with Gasteiger partial charge in [-0.1, -0.05) is 18.9 Å². The summed E-state index contributed by atoms with van der Waals surface area (Å²) < 4.78 is 24.1. The van der Waals surface area contributed by atoms with Gasteiger partial charge in [-0.15, -0.1) is 0 Å². The number of carbonyl (C=O) groups excluding carboxylic acids is 1. The third-order valence-corrected chi connectivity index (χ3v) is 8.10. The third-order valence-electron chi connectivity index (χ3n) is 6.35. The molecule has 1 aliphatic rings. The minimum Gasteiger partial charge on any atom is -0.340 e. The van der Waals surface area contributed by atoms with Gasteiger partial charge >= 0.3 is 0 Å². The first-order chi connectivity index (χ1) is 17.2. The molecule has 1 aliphatic heterocycles. The second-order valence-electron chi connectivity index (χ2n) is 9.09. The van der Waals surface area contributed by atoms with Crippen LogP contribution in [0.2, 0.25) is 0 Å². The summed E-state index contributed by atoms with van der Waals surface area (Å²) in [6.45, 7) is 5.43. The zero-order valence-electron chi connectivity index (χ0n) is 20.1. The average molecular weight is 497 g/mol. The van der Waals surface area contributed by atoms with E-state index in [4.69, 9.17) is 0 Å². The smallest absolute Gasteiger partial charge is 0.234 e. The summed E-state index contributed by atoms with van der Waals surface area (Å²) in [5, 5.41) is 7.87. The summed E-state index contributed by atoms with van der Waals surface area (Å²) >= 11 is 0. The number of fused-ring (bicyclic) bond motifs is 2. The van der Waals surface area contributed by atoms with Crippen molar-refractivity contribution in [2.75, 3.05) is 16.4 Å². The zero-order chi connectivity index (χ0) is 25.5. The lowest BCUT2D eigenvalue weighted by molar-refractivity contribution is -0.119. The molecule has 2 N–H and O–H groups in total. The van der Waals surface area contributed by atoms with Gasteiger partial charge in [-0.3, -0.25) is 4.79 Å². The van der Waals surface area contributed by atoms with E-state index in [0.717, 1.165) is 33.3 Å². The Labute approximate surface area is 209 Å². The fourth-order valence-corrected chi connectivity index (χ4v) is 4.98. The molecule has 8 heteroatoms. The van der Waals surface area contributed by atoms with Crippen LogP contribution in [0.3, 0.4) is 0 Å². The van der Waals surface area contributed by atoms with Crippen molar-refractivity contribution in [3.8, 4) is 11.8 Å². The van der Waals surface area contributed by atoms with Crippen LogP contribution in [-0.4, -0.2) is 30.0 Å². The lowest BCUT2D eigenvalue weighted by Crippen LogP contribution is -2.26. The summed E-state index contributed by atoms with van der Waals surface area (Å²) in [6, 6.07) is 16.1. The quantitative estimate of drug-likeness (QED) is 0.394. The molecular weight excluding hydrogens is 472 g/mol. The number of hydrogen-bond donors (Lipinski definition) is 2. The molecule has 0 aliphatic carbocycles. The standard InChI is InChI=1S/C28H24N4O3S/c1-4-36(34,35)21-9-7-20(8-10-21)31-26-16-22-19(17-30-26)13-14-29-24(22)12-6-18-5-11-23-25(15-18)32-27(33)28(23,2)3/h5,7-11,13-17H,4H2,1-3H3,(H,30,31)(H,32,33). The number of sulfone groups is 1. The van der Waals surface area contributed by atoms with Crippen molar-refractivity contribution in [3.05, 3.63) is 83.8 Å². The number of pyridine rings is 2. The fraction of sp³-hybridized carbons (Fsp3) is 0.179. The first-order valence-electron chi connectivity index (χ1n) is 11.5. The highest BCUT2D eigenvalue weighted by Crippen LogP contribution is 2.37. The molecule has 180 valence electrons. The summed E-state index contributed by atoms with van der Waals surface area (Å²) in [5.74, 6) is 6.94. The normalized spacial score (nSPS) is 14.0. The van der Waals surface area contributed by atoms with Crippen LogP contribution in [0.4, 0.5) is 17.2 Å². The molecule has 0 bridgehead atoms. The van der Waals surface area contributed by atoms with Crippen LogP contribution in [-0.2, 0) is 20.0 Å². The number of amides is 1. The van der Waals surface area contributed by atoms with Crippen LogP contribution in [0.15, 0.2) is 71.9 Å². The van der Waals surface area contributed by atoms with Crippen LogP contribution in [0, 0.1) is 11.8 Å². The Morgan fingerprint density at radius 3 is 2.53 bits per heavy atom. The molecule has 0 saturated heterocycles. The second kappa shape index (κ2) is 8.77. The number of carbonyl (C=O) groups is 1. The van der Waals surface area contributed by atoms with Gasteiger partial charge < -0.3 is 10.6 Å². The van der Waals surface area contributed by atoms with E-state index in [-0.39, 0.29) is 11.7 Å². The predicted octanol–water partition coefficient (Wildman–Crippen LogP) is 4.80. The largest absolute Gasteiger partial charge is 0.340 e. The molecule has 2 aromatic heterocycles. The van der Waals surface area contributed by atoms with Crippen molar-refractivity contribution in [2.24, 2.45) is 0 Å². The molecule has 0 atom stereocenters. The van der Waals surface area contributed by atoms with Crippen molar-refractivity contribution in [1.29, 1.82) is 0 Å². The molecule has 2 aromatic carbocycles. The van der Waals surface area contributed by atoms with Crippen LogP contribution >= 0.6 is 0 Å². The lowest BCUT2D eigenvalue weighted by Gasteiger charge is -2.14. The maximum Gasteiger partial charge on any atom is 0.234 e. The highest BCUT2D eigenvalue weighted by atomic mass is 32.2. The number of nitrogens with one attached hydrogen (secondary N) is 2. The monoisotopic (exact) mass is 496 g/mol. The molecular formula is C28H24N4O3S. The van der Waals surface area contributed by atoms with Gasteiger partial charge in [0, 0.05) is 40.1 Å². The second-order valence-corrected chi connectivity index (χ2v) is 11.4. The van der Waals surface area contributed by atoms with Gasteiger partial charge in [0.1, 0.15) is 11.5 Å². The van der Waals surface area contributed by atoms with Gasteiger partial charge in [0.2, 0.25) is 5.91 Å². The predicted molar refractivity (Wildman–Crippen MR) is 141 cm³/mol. The van der Waals surface area contributed by atoms with E-state index in [1.807, 2.05) is 44.2 Å². The Hall–Kier alpha value is -4.22. The average Bonchev–Trinajstić information content (AvgIpc) is 3.10. The maximum atomic E-state index is 12.2. The topological polar surface area (TPSA) is 101 Å². The van der Waals surface area contributed by atoms with Crippen LogP contribution in [0.1, 0.15) is 37.6 Å². The third kappa shape index (κ3) is 4.30. The van der Waals surface area contributed by atoms with E-state index in [0.29, 0.717) is 16.4 Å². The van der Waals surface area contributed by atoms with Crippen molar-refractivity contribution in [2.45, 2.75) is 31.1 Å². The summed E-state index contributed by atoms with van der Waals surface area (Å²) in [5.41, 5.74) is 3.29. The van der Waals surface area contributed by atoms with Gasteiger partial charge in [-0.25, -0.2) is 18.4 Å². The number of rotatable bonds is 4. The molecule has 5 rings (SSSR count). The molecule has 3 heterocycles. The van der Waals surface area contributed by atoms with E-state index in [9.17, 15) is 13.2 Å². The minimum atomic E-state index is -3.25. The Bertz CT molecular complexity index is 1680. The Kier molecular flexibility index (Phi) is 5.73. The highest BCUT2D eigenvalue weighted by Gasteiger charge is 2.38. The molecule has 1 amide bonds. The summed E-state index contributed by atoms with van der Waals surface area (Å²) in [6.07, 6.45) is 3.44. The Morgan fingerprint density at radius 1 is 1.00 bits per heavy atom. The minimum absolute atomic E-state index is 0.0208. The Morgan fingerprint density at radius 2 is 1.78 bits per heavy atom. The maximum absolute atomic E-state index is 12.2. The summed E-state index contributed by atoms with van der Waals surface area (Å²) in [7, 11) is -3.25. The summed E-state index contributed by atoms with van der Waals surface area (Å²) in [4.78, 5) is 21.4. The van der Waals surface area contributed by atoms with Gasteiger partial charge in [0.15, 0.2) is 9.84 Å². The number of anilines is 3. The lowest BCUT2D eigenvalue weighted by atomic mass is 9.86. The number of benzene rings is 2. The van der Waals surface area contributed by atoms with Gasteiger partial charge in [-0.05, 0) is 73.9 Å². The van der Waals surface area contributed by atoms with Crippen LogP contribution < -0.4 is 10.6 Å². The van der Waals surface area contributed by atoms with E-state index < -0.39 is 15.3 Å². The molecule has 7 nitrogen and oxygen atoms in total. The number of hydrogen-bond acceptors (Lipinski definition) is 6. The van der Waals surface area contributed by atoms with Crippen LogP contribution in [0.25, 0.3) is 10.8 Å². The number of nitrogens with zero attached hydrogens (tertiary/aromatic N) is 2. The van der Waals surface area contributed by atoms with Crippen LogP contribution in [0.5, 0.6) is 0 Å². The van der Waals surface area contributed by atoms with Crippen molar-refractivity contribution >= 4 is 43.7 Å². The molecule has 0 saturated carbocycles. The van der Waals surface area contributed by atoms with Crippen molar-refractivity contribution < 1.29 is 13.2 Å².